The van der Waals surface area contributed by atoms with Gasteiger partial charge >= 0.3 is 11.7 Å². The molecule has 0 aliphatic heterocycles. The second-order valence-electron chi connectivity index (χ2n) is 3.39. The van der Waals surface area contributed by atoms with Crippen molar-refractivity contribution < 1.29 is 27.1 Å². The standard InChI is InChI=1S/C7H13F2NO4S/c1-5(2)3-10(4-6(11)12)15(13,14)7(8)9/h5,7H,3-4H2,1-2H3,(H,11,12). The predicted molar refractivity (Wildman–Crippen MR) is 49.0 cm³/mol. The number of hydrogen-bond donors (Lipinski definition) is 1. The quantitative estimate of drug-likeness (QED) is 0.742. The van der Waals surface area contributed by atoms with Crippen LogP contribution in [0, 0.1) is 5.92 Å². The van der Waals surface area contributed by atoms with Crippen molar-refractivity contribution in [3.05, 3.63) is 0 Å². The van der Waals surface area contributed by atoms with Crippen molar-refractivity contribution in [3.63, 3.8) is 0 Å². The Bertz CT molecular complexity index is 315. The van der Waals surface area contributed by atoms with Crippen LogP contribution in [0.3, 0.4) is 0 Å². The first-order valence-electron chi connectivity index (χ1n) is 4.16. The molecule has 0 bridgehead atoms. The highest BCUT2D eigenvalue weighted by atomic mass is 32.2. The minimum Gasteiger partial charge on any atom is -0.480 e. The molecule has 0 heterocycles. The first-order chi connectivity index (χ1) is 6.67. The Hall–Kier alpha value is -0.760. The fraction of sp³-hybridized carbons (Fsp3) is 0.857. The third-order valence-corrected chi connectivity index (χ3v) is 2.91. The van der Waals surface area contributed by atoms with Gasteiger partial charge in [0.05, 0.1) is 0 Å². The third-order valence-electron chi connectivity index (χ3n) is 1.47. The first kappa shape index (κ1) is 14.2. The monoisotopic (exact) mass is 245 g/mol. The summed E-state index contributed by atoms with van der Waals surface area (Å²) in [5.41, 5.74) is 0. The van der Waals surface area contributed by atoms with Gasteiger partial charge in [0.25, 0.3) is 10.0 Å². The van der Waals surface area contributed by atoms with Crippen molar-refractivity contribution in [2.75, 3.05) is 13.1 Å². The summed E-state index contributed by atoms with van der Waals surface area (Å²) < 4.78 is 46.6. The van der Waals surface area contributed by atoms with Crippen LogP contribution in [0.25, 0.3) is 0 Å². The number of alkyl halides is 2. The summed E-state index contributed by atoms with van der Waals surface area (Å²) in [5.74, 6) is -5.27. The molecule has 0 rings (SSSR count). The number of sulfonamides is 1. The molecule has 0 aliphatic rings. The van der Waals surface area contributed by atoms with Gasteiger partial charge in [0.15, 0.2) is 0 Å². The van der Waals surface area contributed by atoms with Crippen molar-refractivity contribution in [1.29, 1.82) is 0 Å². The van der Waals surface area contributed by atoms with Gasteiger partial charge in [-0.25, -0.2) is 8.42 Å². The van der Waals surface area contributed by atoms with Crippen LogP contribution in [-0.4, -0.2) is 42.6 Å². The second kappa shape index (κ2) is 5.36. The maximum atomic E-state index is 12.1. The van der Waals surface area contributed by atoms with Crippen molar-refractivity contribution in [2.24, 2.45) is 5.92 Å². The van der Waals surface area contributed by atoms with Crippen molar-refractivity contribution in [1.82, 2.24) is 4.31 Å². The Morgan fingerprint density at radius 3 is 2.13 bits per heavy atom. The predicted octanol–water partition coefficient (Wildman–Crippen LogP) is 0.581. The molecule has 0 spiro atoms. The maximum absolute atomic E-state index is 12.1. The molecule has 0 saturated heterocycles. The molecule has 0 aliphatic carbocycles. The maximum Gasteiger partial charge on any atom is 0.350 e. The van der Waals surface area contributed by atoms with Gasteiger partial charge in [-0.15, -0.1) is 0 Å². The first-order valence-corrected chi connectivity index (χ1v) is 5.67. The zero-order chi connectivity index (χ0) is 12.2. The van der Waals surface area contributed by atoms with E-state index in [9.17, 15) is 22.0 Å². The highest BCUT2D eigenvalue weighted by molar-refractivity contribution is 7.89. The van der Waals surface area contributed by atoms with Gasteiger partial charge < -0.3 is 5.11 Å². The Balaban J connectivity index is 4.85. The van der Waals surface area contributed by atoms with Gasteiger partial charge in [0, 0.05) is 6.54 Å². The molecule has 0 amide bonds. The highest BCUT2D eigenvalue weighted by Gasteiger charge is 2.33. The Morgan fingerprint density at radius 1 is 1.40 bits per heavy atom. The third kappa shape index (κ3) is 4.52. The summed E-state index contributed by atoms with van der Waals surface area (Å²) in [4.78, 5) is 10.3. The van der Waals surface area contributed by atoms with Crippen LogP contribution >= 0.6 is 0 Å². The number of aliphatic carboxylic acids is 1. The van der Waals surface area contributed by atoms with Crippen LogP contribution in [-0.2, 0) is 14.8 Å². The summed E-state index contributed by atoms with van der Waals surface area (Å²) in [5, 5.41) is 8.39. The van der Waals surface area contributed by atoms with Crippen LogP contribution in [0.2, 0.25) is 0 Å². The van der Waals surface area contributed by atoms with Gasteiger partial charge in [-0.05, 0) is 5.92 Å². The molecule has 0 aromatic heterocycles. The Morgan fingerprint density at radius 2 is 1.87 bits per heavy atom. The van der Waals surface area contributed by atoms with Crippen LogP contribution in [0.1, 0.15) is 13.8 Å². The van der Waals surface area contributed by atoms with E-state index in [0.717, 1.165) is 0 Å². The van der Waals surface area contributed by atoms with Crippen molar-refractivity contribution in [2.45, 2.75) is 19.6 Å². The highest BCUT2D eigenvalue weighted by Crippen LogP contribution is 2.13. The summed E-state index contributed by atoms with van der Waals surface area (Å²) >= 11 is 0. The van der Waals surface area contributed by atoms with Crippen LogP contribution in [0.15, 0.2) is 0 Å². The summed E-state index contributed by atoms with van der Waals surface area (Å²) in [6.45, 7) is 2.04. The number of rotatable bonds is 6. The SMILES string of the molecule is CC(C)CN(CC(=O)O)S(=O)(=O)C(F)F. The zero-order valence-corrected chi connectivity index (χ0v) is 9.17. The van der Waals surface area contributed by atoms with E-state index >= 15 is 0 Å². The lowest BCUT2D eigenvalue weighted by molar-refractivity contribution is -0.137. The molecule has 15 heavy (non-hydrogen) atoms. The molecule has 0 aromatic rings. The van der Waals surface area contributed by atoms with E-state index < -0.39 is 28.3 Å². The molecule has 0 fully saturated rings. The summed E-state index contributed by atoms with van der Waals surface area (Å²) in [7, 11) is -4.81. The van der Waals surface area contributed by atoms with E-state index in [1.807, 2.05) is 0 Å². The van der Waals surface area contributed by atoms with Crippen LogP contribution < -0.4 is 0 Å². The average molecular weight is 245 g/mol. The van der Waals surface area contributed by atoms with E-state index in [1.165, 1.54) is 0 Å². The molecular weight excluding hydrogens is 232 g/mol. The minimum atomic E-state index is -4.81. The molecule has 1 N–H and O–H groups in total. The number of carboxylic acids is 1. The number of nitrogens with zero attached hydrogens (tertiary/aromatic N) is 1. The Kier molecular flexibility index (Phi) is 5.09. The summed E-state index contributed by atoms with van der Waals surface area (Å²) in [6, 6.07) is 0. The lowest BCUT2D eigenvalue weighted by atomic mass is 10.2. The van der Waals surface area contributed by atoms with E-state index in [0.29, 0.717) is 0 Å². The minimum absolute atomic E-state index is 0.224. The van der Waals surface area contributed by atoms with Gasteiger partial charge in [-0.3, -0.25) is 4.79 Å². The topological polar surface area (TPSA) is 74.7 Å². The molecule has 90 valence electrons. The lowest BCUT2D eigenvalue weighted by Gasteiger charge is -2.21. The van der Waals surface area contributed by atoms with Crippen molar-refractivity contribution >= 4 is 16.0 Å². The molecule has 0 atom stereocenters. The summed E-state index contributed by atoms with van der Waals surface area (Å²) in [6.07, 6.45) is 0. The number of carboxylic acid groups (broad SMARTS) is 1. The fourth-order valence-electron chi connectivity index (χ4n) is 0.929. The smallest absolute Gasteiger partial charge is 0.350 e. The second-order valence-corrected chi connectivity index (χ2v) is 5.29. The molecular formula is C7H13F2NO4S. The van der Waals surface area contributed by atoms with Gasteiger partial charge in [0.1, 0.15) is 6.54 Å². The van der Waals surface area contributed by atoms with Crippen LogP contribution in [0.5, 0.6) is 0 Å². The normalized spacial score (nSPS) is 12.7. The zero-order valence-electron chi connectivity index (χ0n) is 8.35. The van der Waals surface area contributed by atoms with Gasteiger partial charge in [-0.1, -0.05) is 13.8 Å². The van der Waals surface area contributed by atoms with E-state index in [1.54, 1.807) is 13.8 Å². The largest absolute Gasteiger partial charge is 0.480 e. The van der Waals surface area contributed by atoms with E-state index in [-0.39, 0.29) is 16.8 Å². The fourth-order valence-corrected chi connectivity index (χ4v) is 1.95. The average Bonchev–Trinajstić information content (AvgIpc) is 2.00. The number of halogens is 2. The molecule has 8 heteroatoms. The number of hydrogen-bond acceptors (Lipinski definition) is 3. The molecule has 0 unspecified atom stereocenters. The Labute approximate surface area is 86.7 Å². The van der Waals surface area contributed by atoms with E-state index in [2.05, 4.69) is 0 Å². The molecule has 0 radical (unpaired) electrons. The molecule has 0 saturated carbocycles. The lowest BCUT2D eigenvalue weighted by Crippen LogP contribution is -2.41. The molecule has 5 nitrogen and oxygen atoms in total. The van der Waals surface area contributed by atoms with Crippen molar-refractivity contribution in [3.8, 4) is 0 Å². The van der Waals surface area contributed by atoms with Gasteiger partial charge in [0.2, 0.25) is 0 Å². The van der Waals surface area contributed by atoms with Gasteiger partial charge in [-0.2, -0.15) is 13.1 Å². The van der Waals surface area contributed by atoms with E-state index in [4.69, 9.17) is 5.11 Å². The number of carbonyl (C=O) groups is 1. The van der Waals surface area contributed by atoms with Crippen LogP contribution in [0.4, 0.5) is 8.78 Å². The molecule has 0 aromatic carbocycles.